The van der Waals surface area contributed by atoms with Gasteiger partial charge < -0.3 is 20.7 Å². The monoisotopic (exact) mass is 341 g/mol. The highest BCUT2D eigenvalue weighted by Gasteiger charge is 2.28. The molecule has 140 valence electrons. The van der Waals surface area contributed by atoms with E-state index < -0.39 is 0 Å². The van der Waals surface area contributed by atoms with Crippen LogP contribution in [0.3, 0.4) is 0 Å². The van der Waals surface area contributed by atoms with Gasteiger partial charge in [0.25, 0.3) is 0 Å². The van der Waals surface area contributed by atoms with E-state index in [9.17, 15) is 4.79 Å². The van der Waals surface area contributed by atoms with Crippen molar-refractivity contribution in [3.8, 4) is 0 Å². The molecule has 0 atom stereocenters. The molecule has 0 aromatic heterocycles. The highest BCUT2D eigenvalue weighted by atomic mass is 16.5. The van der Waals surface area contributed by atoms with Crippen LogP contribution >= 0.6 is 0 Å². The smallest absolute Gasteiger partial charge is 0.242 e. The summed E-state index contributed by atoms with van der Waals surface area (Å²) in [6.45, 7) is 17.4. The van der Waals surface area contributed by atoms with Gasteiger partial charge in [0.15, 0.2) is 5.96 Å². The number of ether oxygens (including phenoxy) is 1. The quantitative estimate of drug-likeness (QED) is 0.486. The molecule has 1 aliphatic rings. The van der Waals surface area contributed by atoms with Crippen LogP contribution in [0.5, 0.6) is 0 Å². The lowest BCUT2D eigenvalue weighted by atomic mass is 10.0. The molecule has 1 saturated heterocycles. The summed E-state index contributed by atoms with van der Waals surface area (Å²) >= 11 is 0. The highest BCUT2D eigenvalue weighted by Crippen LogP contribution is 2.14. The van der Waals surface area contributed by atoms with Crippen molar-refractivity contribution >= 4 is 11.9 Å². The molecule has 24 heavy (non-hydrogen) atoms. The molecule has 0 bridgehead atoms. The number of guanidine groups is 1. The summed E-state index contributed by atoms with van der Waals surface area (Å²) in [6.07, 6.45) is 0. The number of carbonyl (C=O) groups excluding carboxylic acids is 1. The van der Waals surface area contributed by atoms with Gasteiger partial charge in [-0.3, -0.25) is 9.69 Å². The van der Waals surface area contributed by atoms with Gasteiger partial charge in [0.05, 0.1) is 13.2 Å². The van der Waals surface area contributed by atoms with Crippen molar-refractivity contribution in [2.45, 2.75) is 52.6 Å². The Bertz CT molecular complexity index is 423. The van der Waals surface area contributed by atoms with Crippen molar-refractivity contribution in [2.24, 2.45) is 4.99 Å². The maximum atomic E-state index is 11.9. The standard InChI is InChI=1S/C17H35N5O2/c1-7-18-15(19-12-14(23)21-16(2,3)4)20-13-17(5,6)22-8-10-24-11-9-22/h7-13H2,1-6H3,(H,21,23)(H2,18,19,20). The average Bonchev–Trinajstić information content (AvgIpc) is 2.49. The van der Waals surface area contributed by atoms with Gasteiger partial charge in [-0.1, -0.05) is 0 Å². The number of morpholine rings is 1. The Kier molecular flexibility index (Phi) is 7.96. The topological polar surface area (TPSA) is 78.0 Å². The Balaban J connectivity index is 2.55. The van der Waals surface area contributed by atoms with Crippen molar-refractivity contribution in [1.29, 1.82) is 0 Å². The lowest BCUT2D eigenvalue weighted by Crippen LogP contribution is -2.56. The highest BCUT2D eigenvalue weighted by molar-refractivity contribution is 5.85. The van der Waals surface area contributed by atoms with Crippen LogP contribution in [-0.2, 0) is 9.53 Å². The zero-order valence-corrected chi connectivity index (χ0v) is 16.2. The van der Waals surface area contributed by atoms with Crippen LogP contribution in [-0.4, -0.2) is 73.8 Å². The van der Waals surface area contributed by atoms with E-state index in [1.807, 2.05) is 27.7 Å². The lowest BCUT2D eigenvalue weighted by molar-refractivity contribution is -0.121. The first kappa shape index (κ1) is 20.7. The zero-order chi connectivity index (χ0) is 18.2. The molecule has 1 amide bonds. The van der Waals surface area contributed by atoms with E-state index in [0.29, 0.717) is 5.96 Å². The van der Waals surface area contributed by atoms with E-state index in [1.54, 1.807) is 0 Å². The molecule has 0 spiro atoms. The molecular formula is C17H35N5O2. The molecule has 1 fully saturated rings. The van der Waals surface area contributed by atoms with Gasteiger partial charge in [0.1, 0.15) is 6.54 Å². The van der Waals surface area contributed by atoms with E-state index in [-0.39, 0.29) is 23.5 Å². The molecule has 7 nitrogen and oxygen atoms in total. The van der Waals surface area contributed by atoms with Crippen LogP contribution in [0.1, 0.15) is 41.5 Å². The molecule has 0 aromatic rings. The Morgan fingerprint density at radius 3 is 2.29 bits per heavy atom. The summed E-state index contributed by atoms with van der Waals surface area (Å²) < 4.78 is 5.42. The molecule has 1 aliphatic heterocycles. The van der Waals surface area contributed by atoms with Gasteiger partial charge in [-0.15, -0.1) is 0 Å². The largest absolute Gasteiger partial charge is 0.379 e. The van der Waals surface area contributed by atoms with E-state index in [2.05, 4.69) is 39.7 Å². The molecule has 3 N–H and O–H groups in total. The molecule has 7 heteroatoms. The van der Waals surface area contributed by atoms with Gasteiger partial charge in [-0.2, -0.15) is 0 Å². The van der Waals surface area contributed by atoms with Gasteiger partial charge in [-0.25, -0.2) is 4.99 Å². The molecule has 0 saturated carbocycles. The molecular weight excluding hydrogens is 306 g/mol. The van der Waals surface area contributed by atoms with Crippen LogP contribution in [0.4, 0.5) is 0 Å². The number of hydrogen-bond acceptors (Lipinski definition) is 4. The van der Waals surface area contributed by atoms with Crippen molar-refractivity contribution in [2.75, 3.05) is 45.9 Å². The molecule has 0 aromatic carbocycles. The molecule has 1 heterocycles. The minimum absolute atomic E-state index is 0.00631. The van der Waals surface area contributed by atoms with Crippen molar-refractivity contribution in [3.63, 3.8) is 0 Å². The van der Waals surface area contributed by atoms with Gasteiger partial charge in [-0.05, 0) is 41.5 Å². The normalized spacial score (nSPS) is 17.5. The second kappa shape index (κ2) is 9.22. The number of carbonyl (C=O) groups is 1. The minimum atomic E-state index is -0.239. The van der Waals surface area contributed by atoms with E-state index in [1.165, 1.54) is 0 Å². The van der Waals surface area contributed by atoms with Gasteiger partial charge in [0, 0.05) is 37.3 Å². The summed E-state index contributed by atoms with van der Waals surface area (Å²) in [4.78, 5) is 18.7. The summed E-state index contributed by atoms with van der Waals surface area (Å²) in [5.74, 6) is 0.593. The van der Waals surface area contributed by atoms with E-state index in [0.717, 1.165) is 39.4 Å². The van der Waals surface area contributed by atoms with Crippen molar-refractivity contribution in [1.82, 2.24) is 20.9 Å². The summed E-state index contributed by atoms with van der Waals surface area (Å²) in [5.41, 5.74) is -0.246. The van der Waals surface area contributed by atoms with Crippen LogP contribution in [0.25, 0.3) is 0 Å². The maximum absolute atomic E-state index is 11.9. The van der Waals surface area contributed by atoms with Crippen LogP contribution < -0.4 is 16.0 Å². The summed E-state index contributed by atoms with van der Waals surface area (Å²) in [5, 5.41) is 9.46. The summed E-state index contributed by atoms with van der Waals surface area (Å²) in [7, 11) is 0. The number of rotatable bonds is 6. The third-order valence-electron chi connectivity index (χ3n) is 3.80. The fourth-order valence-corrected chi connectivity index (χ4v) is 2.53. The van der Waals surface area contributed by atoms with Crippen molar-refractivity contribution < 1.29 is 9.53 Å². The number of aliphatic imine (C=N–C) groups is 1. The first-order chi connectivity index (χ1) is 11.1. The number of nitrogens with zero attached hydrogens (tertiary/aromatic N) is 2. The molecule has 0 aliphatic carbocycles. The van der Waals surface area contributed by atoms with Gasteiger partial charge in [0.2, 0.25) is 5.91 Å². The number of nitrogens with one attached hydrogen (secondary N) is 3. The first-order valence-corrected chi connectivity index (χ1v) is 8.80. The Hall–Kier alpha value is -1.34. The number of amides is 1. The van der Waals surface area contributed by atoms with E-state index >= 15 is 0 Å². The fourth-order valence-electron chi connectivity index (χ4n) is 2.53. The summed E-state index contributed by atoms with van der Waals surface area (Å²) in [6, 6.07) is 0. The second-order valence-corrected chi connectivity index (χ2v) is 7.76. The SMILES string of the molecule is CCNC(=NCC(=O)NC(C)(C)C)NCC(C)(C)N1CCOCC1. The third-order valence-corrected chi connectivity index (χ3v) is 3.80. The third kappa shape index (κ3) is 7.97. The maximum Gasteiger partial charge on any atom is 0.242 e. The average molecular weight is 342 g/mol. The van der Waals surface area contributed by atoms with E-state index in [4.69, 9.17) is 4.74 Å². The molecule has 0 unspecified atom stereocenters. The lowest BCUT2D eigenvalue weighted by Gasteiger charge is -2.41. The molecule has 0 radical (unpaired) electrons. The predicted molar refractivity (Wildman–Crippen MR) is 98.3 cm³/mol. The van der Waals surface area contributed by atoms with Gasteiger partial charge >= 0.3 is 0 Å². The first-order valence-electron chi connectivity index (χ1n) is 8.80. The Labute approximate surface area is 146 Å². The van der Waals surface area contributed by atoms with Crippen LogP contribution in [0.2, 0.25) is 0 Å². The fraction of sp³-hybridized carbons (Fsp3) is 0.882. The number of hydrogen-bond donors (Lipinski definition) is 3. The van der Waals surface area contributed by atoms with Crippen LogP contribution in [0, 0.1) is 0 Å². The van der Waals surface area contributed by atoms with Crippen LogP contribution in [0.15, 0.2) is 4.99 Å². The zero-order valence-electron chi connectivity index (χ0n) is 16.2. The molecule has 1 rings (SSSR count). The Morgan fingerprint density at radius 1 is 1.12 bits per heavy atom. The Morgan fingerprint density at radius 2 is 1.75 bits per heavy atom. The van der Waals surface area contributed by atoms with Crippen molar-refractivity contribution in [3.05, 3.63) is 0 Å². The minimum Gasteiger partial charge on any atom is -0.379 e. The predicted octanol–water partition coefficient (Wildman–Crippen LogP) is 0.567. The second-order valence-electron chi connectivity index (χ2n) is 7.76.